The number of aliphatic carboxylic acids is 1. The van der Waals surface area contributed by atoms with Crippen LogP contribution in [0.3, 0.4) is 0 Å². The Morgan fingerprint density at radius 2 is 2.00 bits per heavy atom. The fraction of sp³-hybridized carbons (Fsp3) is 0.467. The van der Waals surface area contributed by atoms with E-state index in [1.54, 1.807) is 0 Å². The van der Waals surface area contributed by atoms with Gasteiger partial charge in [0.05, 0.1) is 6.42 Å². The van der Waals surface area contributed by atoms with E-state index in [2.05, 4.69) is 5.32 Å². The van der Waals surface area contributed by atoms with Crippen molar-refractivity contribution in [2.24, 2.45) is 0 Å². The molecule has 0 aliphatic carbocycles. The first kappa shape index (κ1) is 16.0. The van der Waals surface area contributed by atoms with E-state index in [1.807, 2.05) is 39.0 Å². The number of aryl methyl sites for hydroxylation is 2. The molecule has 5 heteroatoms. The number of amides is 1. The number of carbonyl (C=O) groups is 2. The summed E-state index contributed by atoms with van der Waals surface area (Å²) in [5.74, 6) is -0.599. The summed E-state index contributed by atoms with van der Waals surface area (Å²) in [6.07, 6.45) is 0.494. The largest absolute Gasteiger partial charge is 0.484 e. The molecule has 2 N–H and O–H groups in total. The van der Waals surface area contributed by atoms with Crippen LogP contribution >= 0.6 is 0 Å². The van der Waals surface area contributed by atoms with Crippen molar-refractivity contribution >= 4 is 11.9 Å². The smallest absolute Gasteiger partial charge is 0.305 e. The van der Waals surface area contributed by atoms with Gasteiger partial charge in [0.1, 0.15) is 5.75 Å². The number of carbonyl (C=O) groups excluding carboxylic acids is 1. The van der Waals surface area contributed by atoms with Crippen LogP contribution in [0.5, 0.6) is 5.75 Å². The highest BCUT2D eigenvalue weighted by Gasteiger charge is 2.14. The summed E-state index contributed by atoms with van der Waals surface area (Å²) < 4.78 is 5.39. The summed E-state index contributed by atoms with van der Waals surface area (Å²) in [4.78, 5) is 22.3. The highest BCUT2D eigenvalue weighted by Crippen LogP contribution is 2.16. The maximum Gasteiger partial charge on any atom is 0.305 e. The molecule has 20 heavy (non-hydrogen) atoms. The minimum Gasteiger partial charge on any atom is -0.484 e. The zero-order valence-electron chi connectivity index (χ0n) is 12.1. The molecule has 1 atom stereocenters. The van der Waals surface area contributed by atoms with Crippen LogP contribution in [0.2, 0.25) is 0 Å². The number of rotatable bonds is 7. The van der Waals surface area contributed by atoms with Gasteiger partial charge in [-0.2, -0.15) is 0 Å². The second-order valence-electron chi connectivity index (χ2n) is 4.81. The third kappa shape index (κ3) is 5.30. The minimum absolute atomic E-state index is 0.0775. The van der Waals surface area contributed by atoms with Crippen molar-refractivity contribution in [2.45, 2.75) is 39.7 Å². The Morgan fingerprint density at radius 1 is 1.30 bits per heavy atom. The van der Waals surface area contributed by atoms with Gasteiger partial charge in [-0.1, -0.05) is 13.0 Å². The average Bonchev–Trinajstić information content (AvgIpc) is 2.39. The Bertz CT molecular complexity index is 485. The van der Waals surface area contributed by atoms with Crippen molar-refractivity contribution in [3.05, 3.63) is 29.3 Å². The normalized spacial score (nSPS) is 11.8. The van der Waals surface area contributed by atoms with Crippen molar-refractivity contribution in [2.75, 3.05) is 6.61 Å². The summed E-state index contributed by atoms with van der Waals surface area (Å²) in [7, 11) is 0. The lowest BCUT2D eigenvalue weighted by Crippen LogP contribution is -2.38. The van der Waals surface area contributed by atoms with Gasteiger partial charge < -0.3 is 15.2 Å². The predicted octanol–water partition coefficient (Wildman–Crippen LogP) is 2.05. The van der Waals surface area contributed by atoms with Gasteiger partial charge in [0.25, 0.3) is 5.91 Å². The van der Waals surface area contributed by atoms with E-state index in [4.69, 9.17) is 9.84 Å². The molecule has 1 unspecified atom stereocenters. The molecular weight excluding hydrogens is 258 g/mol. The molecule has 110 valence electrons. The van der Waals surface area contributed by atoms with Gasteiger partial charge in [0.15, 0.2) is 6.61 Å². The van der Waals surface area contributed by atoms with E-state index >= 15 is 0 Å². The second kappa shape index (κ2) is 7.53. The van der Waals surface area contributed by atoms with Gasteiger partial charge in [-0.05, 0) is 43.5 Å². The van der Waals surface area contributed by atoms with Crippen LogP contribution in [0.15, 0.2) is 18.2 Å². The van der Waals surface area contributed by atoms with Crippen LogP contribution in [0.25, 0.3) is 0 Å². The van der Waals surface area contributed by atoms with E-state index in [9.17, 15) is 9.59 Å². The van der Waals surface area contributed by atoms with Gasteiger partial charge >= 0.3 is 5.97 Å². The number of nitrogens with one attached hydrogen (secondary N) is 1. The van der Waals surface area contributed by atoms with Crippen LogP contribution in [-0.4, -0.2) is 29.6 Å². The second-order valence-corrected chi connectivity index (χ2v) is 4.81. The van der Waals surface area contributed by atoms with Crippen molar-refractivity contribution in [3.63, 3.8) is 0 Å². The van der Waals surface area contributed by atoms with Crippen molar-refractivity contribution in [3.8, 4) is 5.75 Å². The molecule has 1 aromatic rings. The lowest BCUT2D eigenvalue weighted by molar-refractivity contribution is -0.137. The molecule has 0 spiro atoms. The molecule has 0 aliphatic heterocycles. The van der Waals surface area contributed by atoms with E-state index in [1.165, 1.54) is 0 Å². The number of carboxylic acid groups (broad SMARTS) is 1. The minimum atomic E-state index is -0.924. The zero-order chi connectivity index (χ0) is 15.1. The molecular formula is C15H21NO4. The van der Waals surface area contributed by atoms with Gasteiger partial charge in [-0.15, -0.1) is 0 Å². The lowest BCUT2D eigenvalue weighted by atomic mass is 10.1. The van der Waals surface area contributed by atoms with Crippen molar-refractivity contribution in [1.29, 1.82) is 0 Å². The Morgan fingerprint density at radius 3 is 2.55 bits per heavy atom. The topological polar surface area (TPSA) is 75.6 Å². The maximum atomic E-state index is 11.7. The molecule has 0 aliphatic rings. The van der Waals surface area contributed by atoms with Crippen LogP contribution in [0.4, 0.5) is 0 Å². The highest BCUT2D eigenvalue weighted by molar-refractivity contribution is 5.78. The highest BCUT2D eigenvalue weighted by atomic mass is 16.5. The zero-order valence-corrected chi connectivity index (χ0v) is 12.1. The summed E-state index contributed by atoms with van der Waals surface area (Å²) in [5.41, 5.74) is 2.26. The Hall–Kier alpha value is -2.04. The van der Waals surface area contributed by atoms with Gasteiger partial charge in [-0.3, -0.25) is 9.59 Å². The SMILES string of the molecule is CCC(CC(=O)O)NC(=O)COc1ccc(C)c(C)c1. The summed E-state index contributed by atoms with van der Waals surface area (Å²) in [5, 5.41) is 11.4. The standard InChI is InChI=1S/C15H21NO4/c1-4-12(8-15(18)19)16-14(17)9-20-13-6-5-10(2)11(3)7-13/h5-7,12H,4,8-9H2,1-3H3,(H,16,17)(H,18,19). The molecule has 5 nitrogen and oxygen atoms in total. The predicted molar refractivity (Wildman–Crippen MR) is 75.9 cm³/mol. The van der Waals surface area contributed by atoms with Gasteiger partial charge in [-0.25, -0.2) is 0 Å². The molecule has 1 aromatic carbocycles. The maximum absolute atomic E-state index is 11.7. The molecule has 1 rings (SSSR count). The monoisotopic (exact) mass is 279 g/mol. The van der Waals surface area contributed by atoms with Crippen LogP contribution < -0.4 is 10.1 Å². The molecule has 0 heterocycles. The molecule has 0 radical (unpaired) electrons. The first-order valence-corrected chi connectivity index (χ1v) is 6.63. The summed E-state index contributed by atoms with van der Waals surface area (Å²) in [6.45, 7) is 5.70. The van der Waals surface area contributed by atoms with Crippen LogP contribution in [0.1, 0.15) is 30.9 Å². The number of ether oxygens (including phenoxy) is 1. The quantitative estimate of drug-likeness (QED) is 0.801. The van der Waals surface area contributed by atoms with Gasteiger partial charge in [0, 0.05) is 6.04 Å². The fourth-order valence-corrected chi connectivity index (χ4v) is 1.73. The average molecular weight is 279 g/mol. The third-order valence-electron chi connectivity index (χ3n) is 3.13. The number of benzene rings is 1. The third-order valence-corrected chi connectivity index (χ3v) is 3.13. The molecule has 0 fully saturated rings. The summed E-state index contributed by atoms with van der Waals surface area (Å²) >= 11 is 0. The number of hydrogen-bond acceptors (Lipinski definition) is 3. The number of hydrogen-bond donors (Lipinski definition) is 2. The molecule has 0 saturated carbocycles. The molecule has 0 aromatic heterocycles. The molecule has 1 amide bonds. The van der Waals surface area contributed by atoms with Crippen molar-refractivity contribution in [1.82, 2.24) is 5.32 Å². The van der Waals surface area contributed by atoms with E-state index in [-0.39, 0.29) is 25.0 Å². The lowest BCUT2D eigenvalue weighted by Gasteiger charge is -2.15. The van der Waals surface area contributed by atoms with E-state index in [0.717, 1.165) is 11.1 Å². The number of carboxylic acids is 1. The Balaban J connectivity index is 2.46. The first-order chi connectivity index (χ1) is 9.42. The summed E-state index contributed by atoms with van der Waals surface area (Å²) in [6, 6.07) is 5.26. The molecule has 0 bridgehead atoms. The van der Waals surface area contributed by atoms with E-state index < -0.39 is 5.97 Å². The van der Waals surface area contributed by atoms with Crippen molar-refractivity contribution < 1.29 is 19.4 Å². The Labute approximate surface area is 118 Å². The van der Waals surface area contributed by atoms with Crippen LogP contribution in [0, 0.1) is 13.8 Å². The molecule has 0 saturated heterocycles. The Kier molecular flexibility index (Phi) is 6.03. The van der Waals surface area contributed by atoms with E-state index in [0.29, 0.717) is 12.2 Å². The van der Waals surface area contributed by atoms with Gasteiger partial charge in [0.2, 0.25) is 0 Å². The van der Waals surface area contributed by atoms with Crippen LogP contribution in [-0.2, 0) is 9.59 Å². The fourth-order valence-electron chi connectivity index (χ4n) is 1.73. The first-order valence-electron chi connectivity index (χ1n) is 6.63.